The minimum absolute atomic E-state index is 0.145. The molecule has 0 aliphatic carbocycles. The van der Waals surface area contributed by atoms with Crippen molar-refractivity contribution >= 4 is 17.1 Å². The van der Waals surface area contributed by atoms with Gasteiger partial charge in [-0.15, -0.1) is 11.3 Å². The Hall–Kier alpha value is -0.670. The molecule has 15 heavy (non-hydrogen) atoms. The number of aryl methyl sites for hydroxylation is 1. The van der Waals surface area contributed by atoms with E-state index in [0.717, 1.165) is 12.8 Å². The lowest BCUT2D eigenvalue weighted by Crippen LogP contribution is -2.13. The summed E-state index contributed by atoms with van der Waals surface area (Å²) in [5, 5.41) is 2.07. The number of Topliss-reactive ketones (excluding diaryl/α,β-unsaturated/α-hetero) is 1. The molecule has 0 aromatic carbocycles. The van der Waals surface area contributed by atoms with Crippen LogP contribution in [0.5, 0.6) is 0 Å². The van der Waals surface area contributed by atoms with Crippen molar-refractivity contribution in [3.8, 4) is 0 Å². The van der Waals surface area contributed by atoms with E-state index in [4.69, 9.17) is 4.74 Å². The normalized spacial score (nSPS) is 10.9. The number of thiophene rings is 1. The molecule has 84 valence electrons. The fourth-order valence-corrected chi connectivity index (χ4v) is 2.00. The Morgan fingerprint density at radius 1 is 1.53 bits per heavy atom. The maximum Gasteiger partial charge on any atom is 0.158 e. The maximum absolute atomic E-state index is 11.4. The smallest absolute Gasteiger partial charge is 0.158 e. The van der Waals surface area contributed by atoms with Crippen molar-refractivity contribution in [3.05, 3.63) is 22.4 Å². The monoisotopic (exact) mass is 226 g/mol. The highest BCUT2D eigenvalue weighted by atomic mass is 32.1. The lowest BCUT2D eigenvalue weighted by molar-refractivity contribution is -0.125. The van der Waals surface area contributed by atoms with Crippen LogP contribution in [0.25, 0.3) is 0 Å². The second-order valence-corrected chi connectivity index (χ2v) is 4.86. The highest BCUT2D eigenvalue weighted by Crippen LogP contribution is 2.12. The molecular weight excluding hydrogens is 208 g/mol. The van der Waals surface area contributed by atoms with Gasteiger partial charge in [-0.1, -0.05) is 6.07 Å². The molecule has 1 aromatic heterocycles. The van der Waals surface area contributed by atoms with Crippen LogP contribution in [-0.2, 0) is 16.0 Å². The molecule has 0 radical (unpaired) electrons. The predicted molar refractivity (Wildman–Crippen MR) is 63.4 cm³/mol. The summed E-state index contributed by atoms with van der Waals surface area (Å²) < 4.78 is 5.24. The summed E-state index contributed by atoms with van der Waals surface area (Å²) in [6.45, 7) is 4.15. The third-order valence-corrected chi connectivity index (χ3v) is 2.97. The Bertz CT molecular complexity index is 278. The number of ether oxygens (including phenoxy) is 1. The van der Waals surface area contributed by atoms with Crippen LogP contribution in [0.3, 0.4) is 0 Å². The number of carbonyl (C=O) groups excluding carboxylic acids is 1. The molecule has 1 rings (SSSR count). The van der Waals surface area contributed by atoms with Crippen molar-refractivity contribution in [1.29, 1.82) is 0 Å². The number of carbonyl (C=O) groups is 1. The van der Waals surface area contributed by atoms with Crippen LogP contribution in [0.2, 0.25) is 0 Å². The first kappa shape index (κ1) is 12.4. The number of hydrogen-bond donors (Lipinski definition) is 0. The summed E-state index contributed by atoms with van der Waals surface area (Å²) in [7, 11) is 0. The molecule has 0 saturated heterocycles. The Morgan fingerprint density at radius 2 is 2.33 bits per heavy atom. The molecule has 0 spiro atoms. The van der Waals surface area contributed by atoms with Crippen LogP contribution in [0.15, 0.2) is 17.5 Å². The summed E-state index contributed by atoms with van der Waals surface area (Å²) >= 11 is 1.75. The van der Waals surface area contributed by atoms with Crippen molar-refractivity contribution in [1.82, 2.24) is 0 Å². The van der Waals surface area contributed by atoms with E-state index in [2.05, 4.69) is 11.4 Å². The van der Waals surface area contributed by atoms with E-state index in [-0.39, 0.29) is 18.5 Å². The van der Waals surface area contributed by atoms with E-state index in [1.54, 1.807) is 11.3 Å². The van der Waals surface area contributed by atoms with Crippen molar-refractivity contribution in [3.63, 3.8) is 0 Å². The Morgan fingerprint density at radius 3 is 2.93 bits per heavy atom. The van der Waals surface area contributed by atoms with Crippen molar-refractivity contribution in [2.24, 2.45) is 0 Å². The zero-order valence-electron chi connectivity index (χ0n) is 9.36. The first-order chi connectivity index (χ1) is 7.18. The summed E-state index contributed by atoms with van der Waals surface area (Å²) in [4.78, 5) is 12.7. The van der Waals surface area contributed by atoms with E-state index in [9.17, 15) is 4.79 Å². The minimum Gasteiger partial charge on any atom is -0.371 e. The largest absolute Gasteiger partial charge is 0.371 e. The van der Waals surface area contributed by atoms with E-state index >= 15 is 0 Å². The molecule has 0 N–H and O–H groups in total. The molecule has 3 heteroatoms. The molecule has 0 saturated carbocycles. The third-order valence-electron chi connectivity index (χ3n) is 2.04. The maximum atomic E-state index is 11.4. The molecule has 0 aliphatic heterocycles. The molecular formula is C12H18O2S. The average molecular weight is 226 g/mol. The molecule has 0 fully saturated rings. The SMILES string of the molecule is CC(C)OCC(=O)CCCc1cccs1. The van der Waals surface area contributed by atoms with Gasteiger partial charge in [0, 0.05) is 11.3 Å². The first-order valence-corrected chi connectivity index (χ1v) is 6.22. The summed E-state index contributed by atoms with van der Waals surface area (Å²) in [6.07, 6.45) is 2.71. The van der Waals surface area contributed by atoms with Gasteiger partial charge >= 0.3 is 0 Å². The van der Waals surface area contributed by atoms with Crippen LogP contribution in [0, 0.1) is 0 Å². The zero-order valence-corrected chi connectivity index (χ0v) is 10.2. The van der Waals surface area contributed by atoms with Crippen molar-refractivity contribution < 1.29 is 9.53 Å². The van der Waals surface area contributed by atoms with Gasteiger partial charge in [0.2, 0.25) is 0 Å². The summed E-state index contributed by atoms with van der Waals surface area (Å²) in [5.74, 6) is 0.209. The Balaban J connectivity index is 2.07. The summed E-state index contributed by atoms with van der Waals surface area (Å²) in [5.41, 5.74) is 0. The molecule has 2 nitrogen and oxygen atoms in total. The second-order valence-electron chi connectivity index (χ2n) is 3.83. The molecule has 0 aliphatic rings. The minimum atomic E-state index is 0.145. The second kappa shape index (κ2) is 6.75. The van der Waals surface area contributed by atoms with E-state index < -0.39 is 0 Å². The quantitative estimate of drug-likeness (QED) is 0.714. The van der Waals surface area contributed by atoms with Gasteiger partial charge in [-0.05, 0) is 38.1 Å². The number of ketones is 1. The van der Waals surface area contributed by atoms with Crippen LogP contribution in [-0.4, -0.2) is 18.5 Å². The van der Waals surface area contributed by atoms with Crippen LogP contribution in [0.4, 0.5) is 0 Å². The topological polar surface area (TPSA) is 26.3 Å². The van der Waals surface area contributed by atoms with Crippen molar-refractivity contribution in [2.75, 3.05) is 6.61 Å². The number of hydrogen-bond acceptors (Lipinski definition) is 3. The summed E-state index contributed by atoms with van der Waals surface area (Å²) in [6, 6.07) is 4.16. The van der Waals surface area contributed by atoms with Gasteiger partial charge in [0.15, 0.2) is 5.78 Å². The zero-order chi connectivity index (χ0) is 11.1. The van der Waals surface area contributed by atoms with Gasteiger partial charge in [0.05, 0.1) is 6.10 Å². The van der Waals surface area contributed by atoms with Gasteiger partial charge in [-0.2, -0.15) is 0 Å². The van der Waals surface area contributed by atoms with E-state index in [1.165, 1.54) is 4.88 Å². The van der Waals surface area contributed by atoms with Crippen LogP contribution < -0.4 is 0 Å². The Kier molecular flexibility index (Phi) is 5.58. The molecule has 1 heterocycles. The lowest BCUT2D eigenvalue weighted by Gasteiger charge is -2.05. The van der Waals surface area contributed by atoms with E-state index in [1.807, 2.05) is 19.9 Å². The van der Waals surface area contributed by atoms with Gasteiger partial charge < -0.3 is 4.74 Å². The van der Waals surface area contributed by atoms with E-state index in [0.29, 0.717) is 6.42 Å². The fourth-order valence-electron chi connectivity index (χ4n) is 1.25. The molecule has 0 amide bonds. The lowest BCUT2D eigenvalue weighted by atomic mass is 10.1. The van der Waals surface area contributed by atoms with Crippen LogP contribution in [0.1, 0.15) is 31.6 Å². The molecule has 0 bridgehead atoms. The van der Waals surface area contributed by atoms with Crippen molar-refractivity contribution in [2.45, 2.75) is 39.2 Å². The van der Waals surface area contributed by atoms with Gasteiger partial charge in [0.25, 0.3) is 0 Å². The number of rotatable bonds is 7. The van der Waals surface area contributed by atoms with Crippen LogP contribution >= 0.6 is 11.3 Å². The highest BCUT2D eigenvalue weighted by molar-refractivity contribution is 7.09. The fraction of sp³-hybridized carbons (Fsp3) is 0.583. The Labute approximate surface area is 95.3 Å². The first-order valence-electron chi connectivity index (χ1n) is 5.34. The standard InChI is InChI=1S/C12H18O2S/c1-10(2)14-9-11(13)5-3-6-12-7-4-8-15-12/h4,7-8,10H,3,5-6,9H2,1-2H3. The third kappa shape index (κ3) is 5.70. The molecule has 1 aromatic rings. The van der Waals surface area contributed by atoms with Gasteiger partial charge in [-0.3, -0.25) is 4.79 Å². The highest BCUT2D eigenvalue weighted by Gasteiger charge is 2.04. The van der Waals surface area contributed by atoms with Gasteiger partial charge in [0.1, 0.15) is 6.61 Å². The molecule has 0 atom stereocenters. The average Bonchev–Trinajstić information content (AvgIpc) is 2.67. The molecule has 0 unspecified atom stereocenters. The predicted octanol–water partition coefficient (Wildman–Crippen LogP) is 3.06. The van der Waals surface area contributed by atoms with Gasteiger partial charge in [-0.25, -0.2) is 0 Å².